The van der Waals surface area contributed by atoms with E-state index in [9.17, 15) is 0 Å². The van der Waals surface area contributed by atoms with Crippen LogP contribution in [0, 0.1) is 71.0 Å². The first-order valence-electron chi connectivity index (χ1n) is 2.25. The largest absolute Gasteiger partial charge is 3.00 e. The SMILES string of the molecule is CC(=O)[O-].[C-]#N.[C-]#N.[C-]#N.[C-]#N.[C-]#N.[C-]#N.[Co+3].[Zn+2].[Zn+2]. The molecular formula is C8H3CoN6O2Zn2. The standard InChI is InChI=1S/C2H4O2.6CN.Co.2Zn/c1-2(3)4;6*1-2;;;/h1H3,(H,3,4);;;;;;;;;/q;6*-1;+3;2*+2/p-1. The molecule has 0 radical (unpaired) electrons. The van der Waals surface area contributed by atoms with Crippen LogP contribution in [0.15, 0.2) is 0 Å². The van der Waals surface area contributed by atoms with Crippen LogP contribution in [0.1, 0.15) is 6.92 Å². The first-order chi connectivity index (χ1) is 7.73. The molecule has 90 valence electrons. The second-order valence-electron chi connectivity index (χ2n) is 0.492. The first kappa shape index (κ1) is 87.4. The number of aliphatic carboxylic acids is 1. The summed E-state index contributed by atoms with van der Waals surface area (Å²) in [5, 5.41) is 46.4. The molecule has 19 heavy (non-hydrogen) atoms. The molecule has 0 amide bonds. The Balaban J connectivity index is -0.00000000622. The number of carbonyl (C=O) groups is 1. The fourth-order valence-corrected chi connectivity index (χ4v) is 0. The van der Waals surface area contributed by atoms with Gasteiger partial charge in [0.05, 0.1) is 0 Å². The number of hydrogen-bond acceptors (Lipinski definition) is 8. The topological polar surface area (TPSA) is 183 Å². The van der Waals surface area contributed by atoms with E-state index in [0.29, 0.717) is 0 Å². The van der Waals surface area contributed by atoms with Gasteiger partial charge in [0, 0.05) is 5.97 Å². The number of rotatable bonds is 0. The van der Waals surface area contributed by atoms with Crippen LogP contribution in [-0.2, 0) is 60.5 Å². The summed E-state index contributed by atoms with van der Waals surface area (Å²) in [4.78, 5) is 8.89. The molecule has 0 aromatic carbocycles. The van der Waals surface area contributed by atoms with Crippen molar-refractivity contribution >= 4 is 5.97 Å². The van der Waals surface area contributed by atoms with E-state index in [4.69, 9.17) is 80.9 Å². The molecule has 0 aromatic heterocycles. The first-order valence-corrected chi connectivity index (χ1v) is 2.25. The molecule has 0 atom stereocenters. The number of carboxylic acid groups (broad SMARTS) is 1. The smallest absolute Gasteiger partial charge is 0.550 e. The van der Waals surface area contributed by atoms with Gasteiger partial charge in [0.15, 0.2) is 0 Å². The van der Waals surface area contributed by atoms with E-state index < -0.39 is 5.97 Å². The average molecular weight is 405 g/mol. The van der Waals surface area contributed by atoms with Crippen molar-refractivity contribution in [2.45, 2.75) is 6.92 Å². The van der Waals surface area contributed by atoms with Gasteiger partial charge in [-0.2, -0.15) is 0 Å². The summed E-state index contributed by atoms with van der Waals surface area (Å²) < 4.78 is 0. The van der Waals surface area contributed by atoms with Gasteiger partial charge in [-0.15, -0.1) is 0 Å². The quantitative estimate of drug-likeness (QED) is 0.375. The molecule has 0 saturated heterocycles. The predicted octanol–water partition coefficient (Wildman–Crippen LogP) is -0.673. The average Bonchev–Trinajstić information content (AvgIpc) is 2.42. The van der Waals surface area contributed by atoms with Gasteiger partial charge in [-0.25, -0.2) is 0 Å². The van der Waals surface area contributed by atoms with Crippen LogP contribution in [0.5, 0.6) is 0 Å². The second-order valence-corrected chi connectivity index (χ2v) is 0.492. The van der Waals surface area contributed by atoms with Crippen LogP contribution in [0.2, 0.25) is 0 Å². The van der Waals surface area contributed by atoms with Gasteiger partial charge in [-0.05, 0) is 6.92 Å². The second kappa shape index (κ2) is 2750. The Morgan fingerprint density at radius 3 is 0.684 bits per heavy atom. The van der Waals surface area contributed by atoms with Crippen molar-refractivity contribution in [1.29, 1.82) is 31.6 Å². The number of hydrogen-bond donors (Lipinski definition) is 0. The van der Waals surface area contributed by atoms with Gasteiger partial charge >= 0.3 is 55.7 Å². The van der Waals surface area contributed by atoms with Crippen molar-refractivity contribution in [2.75, 3.05) is 0 Å². The van der Waals surface area contributed by atoms with Crippen molar-refractivity contribution in [1.82, 2.24) is 0 Å². The van der Waals surface area contributed by atoms with E-state index in [2.05, 4.69) is 0 Å². The molecule has 0 saturated carbocycles. The zero-order valence-electron chi connectivity index (χ0n) is 9.75. The molecule has 0 bridgehead atoms. The normalized spacial score (nSPS) is 1.95. The third-order valence-corrected chi connectivity index (χ3v) is 0. The summed E-state index contributed by atoms with van der Waals surface area (Å²) in [5.74, 6) is -1.08. The minimum Gasteiger partial charge on any atom is -0.550 e. The van der Waals surface area contributed by atoms with E-state index in [1.165, 1.54) is 0 Å². The van der Waals surface area contributed by atoms with E-state index in [-0.39, 0.29) is 55.7 Å². The third-order valence-electron chi connectivity index (χ3n) is 0. The van der Waals surface area contributed by atoms with Crippen molar-refractivity contribution in [3.05, 3.63) is 39.4 Å². The summed E-state index contributed by atoms with van der Waals surface area (Å²) in [7, 11) is 0. The molecule has 0 rings (SSSR count). The Bertz CT molecular complexity index is 174. The zero-order valence-corrected chi connectivity index (χ0v) is 16.7. The van der Waals surface area contributed by atoms with Gasteiger partial charge in [-0.3, -0.25) is 0 Å². The van der Waals surface area contributed by atoms with Gasteiger partial charge in [-0.1, -0.05) is 0 Å². The summed E-state index contributed by atoms with van der Waals surface area (Å²) >= 11 is 0. The number of nitrogens with zero attached hydrogens (tertiary/aromatic N) is 6. The summed E-state index contributed by atoms with van der Waals surface area (Å²) in [6, 6.07) is 0. The molecule has 0 aliphatic heterocycles. The Labute approximate surface area is 149 Å². The van der Waals surface area contributed by atoms with Gasteiger partial charge in [0.1, 0.15) is 0 Å². The maximum absolute atomic E-state index is 8.89. The molecule has 0 N–H and O–H groups in total. The molecule has 8 nitrogen and oxygen atoms in total. The molecule has 0 aromatic rings. The molecule has 0 spiro atoms. The van der Waals surface area contributed by atoms with Crippen molar-refractivity contribution in [2.24, 2.45) is 0 Å². The molecule has 0 aliphatic carbocycles. The van der Waals surface area contributed by atoms with E-state index in [0.717, 1.165) is 6.92 Å². The minimum absolute atomic E-state index is 0. The summed E-state index contributed by atoms with van der Waals surface area (Å²) in [6.07, 6.45) is 0. The van der Waals surface area contributed by atoms with Crippen LogP contribution in [0.25, 0.3) is 0 Å². The molecule has 0 unspecified atom stereocenters. The van der Waals surface area contributed by atoms with Crippen molar-refractivity contribution < 1.29 is 65.6 Å². The Hall–Kier alpha value is -1.84. The van der Waals surface area contributed by atoms with Crippen LogP contribution >= 0.6 is 0 Å². The molecule has 0 aliphatic rings. The third kappa shape index (κ3) is 961. The number of carbonyl (C=O) groups excluding carboxylic acids is 1. The fourth-order valence-electron chi connectivity index (χ4n) is 0. The monoisotopic (exact) mass is 402 g/mol. The summed E-state index contributed by atoms with van der Waals surface area (Å²) in [5.41, 5.74) is 0. The minimum atomic E-state index is -1.08. The Kier molecular flexibility index (Phi) is 12600. The molecule has 0 fully saturated rings. The molecule has 11 heteroatoms. The maximum atomic E-state index is 8.89. The van der Waals surface area contributed by atoms with Gasteiger partial charge in [0.25, 0.3) is 0 Å². The van der Waals surface area contributed by atoms with E-state index >= 15 is 0 Å². The molecular weight excluding hydrogens is 402 g/mol. The van der Waals surface area contributed by atoms with Crippen molar-refractivity contribution in [3.63, 3.8) is 0 Å². The van der Waals surface area contributed by atoms with E-state index in [1.807, 2.05) is 0 Å². The van der Waals surface area contributed by atoms with Crippen LogP contribution in [0.3, 0.4) is 0 Å². The molecule has 0 heterocycles. The number of carboxylic acids is 1. The Morgan fingerprint density at radius 1 is 0.684 bits per heavy atom. The van der Waals surface area contributed by atoms with E-state index in [1.54, 1.807) is 0 Å². The van der Waals surface area contributed by atoms with Crippen LogP contribution in [-0.4, -0.2) is 5.97 Å². The van der Waals surface area contributed by atoms with Crippen LogP contribution in [0.4, 0.5) is 0 Å². The van der Waals surface area contributed by atoms with Gasteiger partial charge < -0.3 is 80.9 Å². The zero-order chi connectivity index (χ0) is 15.6. The van der Waals surface area contributed by atoms with Crippen molar-refractivity contribution in [3.8, 4) is 0 Å². The summed E-state index contributed by atoms with van der Waals surface area (Å²) in [6.45, 7) is 29.5. The fraction of sp³-hybridized carbons (Fsp3) is 0.125. The predicted molar refractivity (Wildman–Crippen MR) is 40.5 cm³/mol. The van der Waals surface area contributed by atoms with Crippen LogP contribution < -0.4 is 5.11 Å². The Morgan fingerprint density at radius 2 is 0.684 bits per heavy atom. The van der Waals surface area contributed by atoms with Gasteiger partial charge in [0.2, 0.25) is 0 Å². The maximum Gasteiger partial charge on any atom is 3.00 e.